The first-order valence-corrected chi connectivity index (χ1v) is 9.67. The summed E-state index contributed by atoms with van der Waals surface area (Å²) in [5.41, 5.74) is 0.954. The van der Waals surface area contributed by atoms with Gasteiger partial charge in [0.1, 0.15) is 11.4 Å². The molecule has 0 spiro atoms. The molecular formula is C23H21N3Na2O6. The molecule has 9 nitrogen and oxygen atoms in total. The van der Waals surface area contributed by atoms with Crippen molar-refractivity contribution in [3.63, 3.8) is 0 Å². The van der Waals surface area contributed by atoms with Gasteiger partial charge in [0.15, 0.2) is 0 Å². The molecule has 1 heterocycles. The Morgan fingerprint density at radius 3 is 2.35 bits per heavy atom. The molecule has 0 saturated carbocycles. The Labute approximate surface area is 240 Å². The number of nitrogens with one attached hydrogen (secondary N) is 2. The number of carbonyl (C=O) groups excluding carboxylic acids is 2. The zero-order valence-corrected chi connectivity index (χ0v) is 23.5. The molecule has 2 N–H and O–H groups in total. The summed E-state index contributed by atoms with van der Waals surface area (Å²) in [6, 6.07) is 13.7. The fourth-order valence-electron chi connectivity index (χ4n) is 3.19. The summed E-state index contributed by atoms with van der Waals surface area (Å²) >= 11 is 0. The van der Waals surface area contributed by atoms with E-state index >= 15 is 0 Å². The number of carbonyl (C=O) groups is 2. The Morgan fingerprint density at radius 1 is 1.06 bits per heavy atom. The molecule has 1 aromatic heterocycles. The van der Waals surface area contributed by atoms with Gasteiger partial charge in [-0.05, 0) is 34.9 Å². The second-order valence-corrected chi connectivity index (χ2v) is 7.06. The Balaban J connectivity index is 0.00000289. The number of hydrogen-bond donors (Lipinski definition) is 2. The molecule has 0 aliphatic carbocycles. The Hall–Kier alpha value is -2.27. The number of urea groups is 1. The first-order chi connectivity index (χ1) is 15.3. The number of carboxylic acid groups (broad SMARTS) is 1. The summed E-state index contributed by atoms with van der Waals surface area (Å²) in [5, 5.41) is 28.1. The molecule has 0 fully saturated rings. The van der Waals surface area contributed by atoms with Crippen molar-refractivity contribution in [3.8, 4) is 22.6 Å². The maximum atomic E-state index is 12.5. The van der Waals surface area contributed by atoms with E-state index in [9.17, 15) is 24.6 Å². The van der Waals surface area contributed by atoms with Crippen molar-refractivity contribution in [2.24, 2.45) is 7.05 Å². The first-order valence-electron chi connectivity index (χ1n) is 9.67. The second kappa shape index (κ2) is 13.6. The van der Waals surface area contributed by atoms with Crippen molar-refractivity contribution in [2.75, 3.05) is 12.4 Å². The Bertz CT molecular complexity index is 1200. The number of hydrogen-bond acceptors (Lipinski definition) is 6. The smallest absolute Gasteiger partial charge is 0.871 e. The fraction of sp³-hybridized carbons (Fsp3) is 0.174. The molecule has 0 unspecified atom stereocenters. The van der Waals surface area contributed by atoms with Crippen LogP contribution in [0.2, 0.25) is 0 Å². The van der Waals surface area contributed by atoms with Crippen molar-refractivity contribution >= 4 is 17.7 Å². The number of anilines is 1. The van der Waals surface area contributed by atoms with Crippen LogP contribution in [0.3, 0.4) is 0 Å². The minimum Gasteiger partial charge on any atom is -0.871 e. The third-order valence-corrected chi connectivity index (χ3v) is 4.82. The number of methoxy groups -OCH3 is 1. The van der Waals surface area contributed by atoms with Crippen LogP contribution < -0.4 is 90.3 Å². The number of carboxylic acids is 1. The molecular weight excluding hydrogens is 460 g/mol. The Kier molecular flexibility index (Phi) is 11.9. The third kappa shape index (κ3) is 7.63. The molecule has 166 valence electrons. The number of ether oxygens (including phenoxy) is 1. The Morgan fingerprint density at radius 2 is 1.74 bits per heavy atom. The van der Waals surface area contributed by atoms with Crippen LogP contribution in [0.1, 0.15) is 18.0 Å². The van der Waals surface area contributed by atoms with Gasteiger partial charge in [-0.2, -0.15) is 0 Å². The quantitative estimate of drug-likeness (QED) is 0.325. The van der Waals surface area contributed by atoms with E-state index in [2.05, 4.69) is 10.6 Å². The van der Waals surface area contributed by atoms with Crippen molar-refractivity contribution in [1.29, 1.82) is 0 Å². The third-order valence-electron chi connectivity index (χ3n) is 4.82. The van der Waals surface area contributed by atoms with Gasteiger partial charge in [0.05, 0.1) is 13.2 Å². The van der Waals surface area contributed by atoms with E-state index in [1.54, 1.807) is 18.2 Å². The normalized spacial score (nSPS) is 10.8. The summed E-state index contributed by atoms with van der Waals surface area (Å²) in [6.45, 7) is 0. The summed E-state index contributed by atoms with van der Waals surface area (Å²) in [6.07, 6.45) is 0.750. The molecule has 0 radical (unpaired) electrons. The number of rotatable bonds is 7. The summed E-state index contributed by atoms with van der Waals surface area (Å²) in [5.74, 6) is -1.59. The SMILES string of the molecule is COc1cc(-c2ccccc2)cc([C@H](CC(=O)[O-])NC(=O)Nc2c([O-])ccn(C)c2=O)c1.[Na+].[Na+]. The predicted octanol–water partition coefficient (Wildman–Crippen LogP) is -4.85. The summed E-state index contributed by atoms with van der Waals surface area (Å²) in [7, 11) is 2.91. The molecule has 3 aromatic rings. The molecule has 2 aromatic carbocycles. The van der Waals surface area contributed by atoms with Gasteiger partial charge in [-0.1, -0.05) is 42.1 Å². The molecule has 0 bridgehead atoms. The number of pyridine rings is 1. The average Bonchev–Trinajstić information content (AvgIpc) is 2.78. The fourth-order valence-corrected chi connectivity index (χ4v) is 3.19. The van der Waals surface area contributed by atoms with Gasteiger partial charge in [0.25, 0.3) is 5.56 Å². The number of nitrogens with zero attached hydrogens (tertiary/aromatic N) is 1. The van der Waals surface area contributed by atoms with Crippen LogP contribution >= 0.6 is 0 Å². The van der Waals surface area contributed by atoms with E-state index in [0.29, 0.717) is 11.3 Å². The molecule has 1 atom stereocenters. The van der Waals surface area contributed by atoms with E-state index < -0.39 is 41.5 Å². The number of amides is 2. The van der Waals surface area contributed by atoms with Crippen molar-refractivity contribution in [2.45, 2.75) is 12.5 Å². The maximum absolute atomic E-state index is 12.5. The molecule has 0 aliphatic heterocycles. The monoisotopic (exact) mass is 481 g/mol. The van der Waals surface area contributed by atoms with E-state index in [1.165, 1.54) is 20.4 Å². The van der Waals surface area contributed by atoms with Gasteiger partial charge < -0.3 is 34.9 Å². The van der Waals surface area contributed by atoms with E-state index in [1.807, 2.05) is 30.3 Å². The number of aromatic nitrogens is 1. The van der Waals surface area contributed by atoms with Gasteiger partial charge in [0.2, 0.25) is 0 Å². The van der Waals surface area contributed by atoms with Gasteiger partial charge in [-0.25, -0.2) is 4.79 Å². The van der Waals surface area contributed by atoms with E-state index in [-0.39, 0.29) is 59.1 Å². The zero-order valence-electron chi connectivity index (χ0n) is 19.5. The standard InChI is InChI=1S/C23H23N3O6.2Na/c1-26-9-8-19(27)21(22(26)30)25-23(31)24-18(13-20(28)29)16-10-15(11-17(12-16)32-2)14-6-4-3-5-7-14;;/h3-12,18,27H,13H2,1-2H3,(H,28,29)(H2,24,25,31);;/q;2*+1/p-2/t18-;;/m0../s1. The zero-order chi connectivity index (χ0) is 23.3. The molecule has 2 amide bonds. The van der Waals surface area contributed by atoms with E-state index in [0.717, 1.165) is 21.8 Å². The molecule has 11 heteroatoms. The minimum absolute atomic E-state index is 0. The number of aryl methyl sites for hydroxylation is 1. The van der Waals surface area contributed by atoms with Crippen LogP contribution in [0.4, 0.5) is 10.5 Å². The summed E-state index contributed by atoms with van der Waals surface area (Å²) in [4.78, 5) is 36.1. The van der Waals surface area contributed by atoms with Gasteiger partial charge >= 0.3 is 65.1 Å². The summed E-state index contributed by atoms with van der Waals surface area (Å²) < 4.78 is 6.48. The number of benzene rings is 2. The van der Waals surface area contributed by atoms with E-state index in [4.69, 9.17) is 4.74 Å². The minimum atomic E-state index is -1.39. The van der Waals surface area contributed by atoms with Gasteiger partial charge in [-0.3, -0.25) is 4.79 Å². The van der Waals surface area contributed by atoms with Crippen LogP contribution in [0.15, 0.2) is 65.6 Å². The molecule has 0 saturated heterocycles. The largest absolute Gasteiger partial charge is 1.00 e. The predicted molar refractivity (Wildman–Crippen MR) is 114 cm³/mol. The van der Waals surface area contributed by atoms with Crippen molar-refractivity contribution in [1.82, 2.24) is 9.88 Å². The van der Waals surface area contributed by atoms with Crippen LogP contribution in [-0.4, -0.2) is 23.7 Å². The van der Waals surface area contributed by atoms with Crippen molar-refractivity contribution < 1.29 is 83.7 Å². The van der Waals surface area contributed by atoms with Crippen LogP contribution in [0.5, 0.6) is 11.5 Å². The average molecular weight is 481 g/mol. The second-order valence-electron chi connectivity index (χ2n) is 7.06. The van der Waals surface area contributed by atoms with Gasteiger partial charge in [-0.15, -0.1) is 0 Å². The topological polar surface area (TPSA) is 136 Å². The molecule has 3 rings (SSSR count). The maximum Gasteiger partial charge on any atom is 1.00 e. The first kappa shape index (κ1) is 29.8. The number of aliphatic carboxylic acids is 1. The van der Waals surface area contributed by atoms with Crippen LogP contribution in [0, 0.1) is 0 Å². The molecule has 34 heavy (non-hydrogen) atoms. The van der Waals surface area contributed by atoms with Gasteiger partial charge in [0, 0.05) is 25.6 Å². The van der Waals surface area contributed by atoms with Crippen LogP contribution in [-0.2, 0) is 11.8 Å². The van der Waals surface area contributed by atoms with Crippen LogP contribution in [0.25, 0.3) is 11.1 Å². The molecule has 0 aliphatic rings. The van der Waals surface area contributed by atoms with Crippen molar-refractivity contribution in [3.05, 3.63) is 76.7 Å².